The summed E-state index contributed by atoms with van der Waals surface area (Å²) in [5.74, 6) is 1.97. The third kappa shape index (κ3) is 4.47. The Labute approximate surface area is 142 Å². The normalized spacial score (nSPS) is 19.2. The first-order valence-corrected chi connectivity index (χ1v) is 9.95. The Morgan fingerprint density at radius 1 is 1.17 bits per heavy atom. The molecule has 0 saturated carbocycles. The highest BCUT2D eigenvalue weighted by molar-refractivity contribution is 7.91. The third-order valence-corrected chi connectivity index (χ3v) is 6.07. The fourth-order valence-corrected chi connectivity index (χ4v) is 4.75. The first-order valence-electron chi connectivity index (χ1n) is 8.13. The summed E-state index contributed by atoms with van der Waals surface area (Å²) >= 11 is 0. The summed E-state index contributed by atoms with van der Waals surface area (Å²) < 4.78 is 28.5. The maximum absolute atomic E-state index is 11.9. The molecule has 1 amide bonds. The molecule has 1 aliphatic heterocycles. The lowest BCUT2D eigenvalue weighted by Gasteiger charge is -2.09. The van der Waals surface area contributed by atoms with E-state index < -0.39 is 9.84 Å². The van der Waals surface area contributed by atoms with E-state index in [4.69, 9.17) is 4.42 Å². The molecule has 3 rings (SSSR count). The maximum atomic E-state index is 11.9. The van der Waals surface area contributed by atoms with Crippen molar-refractivity contribution in [1.29, 1.82) is 0 Å². The van der Waals surface area contributed by atoms with Crippen LogP contribution in [0.5, 0.6) is 0 Å². The van der Waals surface area contributed by atoms with E-state index in [-0.39, 0.29) is 23.3 Å². The number of carbonyl (C=O) groups is 1. The number of sulfone groups is 1. The van der Waals surface area contributed by atoms with E-state index in [1.807, 2.05) is 42.5 Å². The molecule has 1 atom stereocenters. The van der Waals surface area contributed by atoms with Gasteiger partial charge >= 0.3 is 0 Å². The van der Waals surface area contributed by atoms with E-state index in [1.54, 1.807) is 0 Å². The quantitative estimate of drug-likeness (QED) is 0.871. The number of hydrogen-bond acceptors (Lipinski definition) is 4. The summed E-state index contributed by atoms with van der Waals surface area (Å²) in [4.78, 5) is 11.9. The zero-order valence-electron chi connectivity index (χ0n) is 13.4. The lowest BCUT2D eigenvalue weighted by molar-refractivity contribution is -0.121. The minimum atomic E-state index is -2.89. The zero-order chi connectivity index (χ0) is 17.0. The van der Waals surface area contributed by atoms with Gasteiger partial charge in [-0.15, -0.1) is 0 Å². The average Bonchev–Trinajstić information content (AvgIpc) is 3.18. The molecule has 2 heterocycles. The van der Waals surface area contributed by atoms with Crippen LogP contribution in [0.1, 0.15) is 18.6 Å². The van der Waals surface area contributed by atoms with Crippen LogP contribution in [0.2, 0.25) is 0 Å². The van der Waals surface area contributed by atoms with Crippen LogP contribution in [-0.2, 0) is 21.1 Å². The highest BCUT2D eigenvalue weighted by Crippen LogP contribution is 2.22. The number of benzene rings is 1. The van der Waals surface area contributed by atoms with Gasteiger partial charge < -0.3 is 9.73 Å². The number of carbonyl (C=O) groups excluding carboxylic acids is 1. The van der Waals surface area contributed by atoms with Gasteiger partial charge in [-0.1, -0.05) is 30.3 Å². The number of rotatable bonds is 6. The van der Waals surface area contributed by atoms with Crippen LogP contribution in [0.15, 0.2) is 46.9 Å². The largest absolute Gasteiger partial charge is 0.461 e. The van der Waals surface area contributed by atoms with Gasteiger partial charge in [-0.3, -0.25) is 4.79 Å². The van der Waals surface area contributed by atoms with Crippen molar-refractivity contribution in [2.24, 2.45) is 5.92 Å². The zero-order valence-corrected chi connectivity index (χ0v) is 14.2. The molecule has 5 nitrogen and oxygen atoms in total. The maximum Gasteiger partial charge on any atom is 0.220 e. The fraction of sp³-hybridized carbons (Fsp3) is 0.389. The number of hydrogen-bond donors (Lipinski definition) is 1. The molecule has 0 spiro atoms. The van der Waals surface area contributed by atoms with Gasteiger partial charge in [-0.05, 0) is 24.5 Å². The Balaban J connectivity index is 1.44. The average molecular weight is 347 g/mol. The molecular weight excluding hydrogens is 326 g/mol. The summed E-state index contributed by atoms with van der Waals surface area (Å²) in [5, 5.41) is 2.83. The van der Waals surface area contributed by atoms with E-state index in [9.17, 15) is 13.2 Å². The summed E-state index contributed by atoms with van der Waals surface area (Å²) in [6.45, 7) is 0.436. The van der Waals surface area contributed by atoms with E-state index in [0.29, 0.717) is 25.8 Å². The van der Waals surface area contributed by atoms with Crippen LogP contribution in [0.4, 0.5) is 0 Å². The predicted molar refractivity (Wildman–Crippen MR) is 92.2 cm³/mol. The van der Waals surface area contributed by atoms with Crippen molar-refractivity contribution in [3.05, 3.63) is 48.2 Å². The van der Waals surface area contributed by atoms with Crippen molar-refractivity contribution in [3.8, 4) is 11.3 Å². The van der Waals surface area contributed by atoms with Gasteiger partial charge in [0.05, 0.1) is 11.5 Å². The van der Waals surface area contributed by atoms with Gasteiger partial charge in [0.15, 0.2) is 9.84 Å². The topological polar surface area (TPSA) is 76.4 Å². The molecule has 24 heavy (non-hydrogen) atoms. The highest BCUT2D eigenvalue weighted by Gasteiger charge is 2.27. The lowest BCUT2D eigenvalue weighted by Crippen LogP contribution is -2.29. The second-order valence-electron chi connectivity index (χ2n) is 6.21. The van der Waals surface area contributed by atoms with Gasteiger partial charge in [-0.25, -0.2) is 8.42 Å². The summed E-state index contributed by atoms with van der Waals surface area (Å²) in [7, 11) is -2.89. The van der Waals surface area contributed by atoms with Crippen LogP contribution in [-0.4, -0.2) is 32.4 Å². The van der Waals surface area contributed by atoms with Crippen LogP contribution >= 0.6 is 0 Å². The molecule has 2 aromatic rings. The molecule has 6 heteroatoms. The van der Waals surface area contributed by atoms with Crippen molar-refractivity contribution in [3.63, 3.8) is 0 Å². The lowest BCUT2D eigenvalue weighted by atomic mass is 10.1. The first kappa shape index (κ1) is 16.8. The predicted octanol–water partition coefficient (Wildman–Crippen LogP) is 2.43. The number of nitrogens with one attached hydrogen (secondary N) is 1. The first-order chi connectivity index (χ1) is 11.5. The second kappa shape index (κ2) is 7.21. The van der Waals surface area contributed by atoms with Crippen LogP contribution in [0.25, 0.3) is 11.3 Å². The van der Waals surface area contributed by atoms with Crippen LogP contribution in [0.3, 0.4) is 0 Å². The number of aryl methyl sites for hydroxylation is 1. The van der Waals surface area contributed by atoms with Gasteiger partial charge in [0.1, 0.15) is 11.5 Å². The minimum absolute atomic E-state index is 0.0484. The van der Waals surface area contributed by atoms with E-state index >= 15 is 0 Å². The monoisotopic (exact) mass is 347 g/mol. The molecule has 0 aliphatic carbocycles. The molecular formula is C18H21NO4S. The Bertz CT molecular complexity index is 795. The molecule has 1 fully saturated rings. The molecule has 1 aliphatic rings. The van der Waals surface area contributed by atoms with Crippen molar-refractivity contribution < 1.29 is 17.6 Å². The summed E-state index contributed by atoms with van der Waals surface area (Å²) in [6.07, 6.45) is 1.50. The van der Waals surface area contributed by atoms with Crippen molar-refractivity contribution in [2.75, 3.05) is 18.1 Å². The Morgan fingerprint density at radius 3 is 2.67 bits per heavy atom. The molecule has 1 aromatic carbocycles. The van der Waals surface area contributed by atoms with Crippen LogP contribution < -0.4 is 5.32 Å². The van der Waals surface area contributed by atoms with E-state index in [0.717, 1.165) is 17.1 Å². The number of furan rings is 1. The molecule has 1 N–H and O–H groups in total. The fourth-order valence-electron chi connectivity index (χ4n) is 2.89. The molecule has 1 unspecified atom stereocenters. The van der Waals surface area contributed by atoms with Crippen LogP contribution in [0, 0.1) is 5.92 Å². The standard InChI is InChI=1S/C18H21NO4S/c20-18(19-12-14-10-11-24(21,22)13-14)9-7-16-6-8-17(23-16)15-4-2-1-3-5-15/h1-6,8,14H,7,9-13H2,(H,19,20). The Morgan fingerprint density at radius 2 is 1.96 bits per heavy atom. The van der Waals surface area contributed by atoms with Gasteiger partial charge in [0.2, 0.25) is 5.91 Å². The molecule has 0 radical (unpaired) electrons. The summed E-state index contributed by atoms with van der Waals surface area (Å²) in [6, 6.07) is 13.6. The molecule has 1 aromatic heterocycles. The Hall–Kier alpha value is -2.08. The smallest absolute Gasteiger partial charge is 0.220 e. The Kier molecular flexibility index (Phi) is 5.04. The molecule has 0 bridgehead atoms. The minimum Gasteiger partial charge on any atom is -0.461 e. The SMILES string of the molecule is O=C(CCc1ccc(-c2ccccc2)o1)NCC1CCS(=O)(=O)C1. The molecule has 128 valence electrons. The van der Waals surface area contributed by atoms with E-state index in [2.05, 4.69) is 5.32 Å². The third-order valence-electron chi connectivity index (χ3n) is 4.23. The van der Waals surface area contributed by atoms with Gasteiger partial charge in [0.25, 0.3) is 0 Å². The molecule has 1 saturated heterocycles. The van der Waals surface area contributed by atoms with Crippen molar-refractivity contribution >= 4 is 15.7 Å². The second-order valence-corrected chi connectivity index (χ2v) is 8.43. The van der Waals surface area contributed by atoms with Gasteiger partial charge in [0, 0.05) is 24.9 Å². The van der Waals surface area contributed by atoms with Gasteiger partial charge in [-0.2, -0.15) is 0 Å². The summed E-state index contributed by atoms with van der Waals surface area (Å²) in [5.41, 5.74) is 1.01. The van der Waals surface area contributed by atoms with Crippen molar-refractivity contribution in [1.82, 2.24) is 5.32 Å². The number of amides is 1. The van der Waals surface area contributed by atoms with Crippen molar-refractivity contribution in [2.45, 2.75) is 19.3 Å². The highest BCUT2D eigenvalue weighted by atomic mass is 32.2. The van der Waals surface area contributed by atoms with E-state index in [1.165, 1.54) is 0 Å².